The summed E-state index contributed by atoms with van der Waals surface area (Å²) in [4.78, 5) is 31.9. The van der Waals surface area contributed by atoms with Crippen LogP contribution in [0.2, 0.25) is 5.02 Å². The van der Waals surface area contributed by atoms with Gasteiger partial charge in [-0.1, -0.05) is 29.8 Å². The first-order chi connectivity index (χ1) is 16.6. The average molecular weight is 511 g/mol. The van der Waals surface area contributed by atoms with Gasteiger partial charge in [0, 0.05) is 27.5 Å². The minimum atomic E-state index is -0.515. The van der Waals surface area contributed by atoms with E-state index in [0.29, 0.717) is 23.7 Å². The first-order valence-electron chi connectivity index (χ1n) is 11.8. The Labute approximate surface area is 216 Å². The first kappa shape index (κ1) is 25.3. The number of rotatable bonds is 6. The van der Waals surface area contributed by atoms with Crippen molar-refractivity contribution < 1.29 is 14.3 Å². The van der Waals surface area contributed by atoms with Crippen LogP contribution in [0.5, 0.6) is 5.75 Å². The van der Waals surface area contributed by atoms with Gasteiger partial charge in [0.2, 0.25) is 5.91 Å². The molecule has 1 aliphatic rings. The molecule has 0 fully saturated rings. The number of carbonyl (C=O) groups is 2. The van der Waals surface area contributed by atoms with Crippen LogP contribution in [0.15, 0.2) is 60.0 Å². The molecule has 35 heavy (non-hydrogen) atoms. The topological polar surface area (TPSA) is 49.9 Å². The highest BCUT2D eigenvalue weighted by atomic mass is 35.5. The Kier molecular flexibility index (Phi) is 7.53. The second-order valence-electron chi connectivity index (χ2n) is 9.80. The zero-order valence-corrected chi connectivity index (χ0v) is 22.2. The fourth-order valence-electron chi connectivity index (χ4n) is 4.33. The van der Waals surface area contributed by atoms with Crippen LogP contribution in [0.4, 0.5) is 0 Å². The lowest BCUT2D eigenvalue weighted by molar-refractivity contribution is -0.136. The van der Waals surface area contributed by atoms with Crippen molar-refractivity contribution >= 4 is 34.8 Å². The lowest BCUT2D eigenvalue weighted by atomic mass is 9.99. The molecule has 1 aromatic heterocycles. The Hall–Kier alpha value is -2.83. The molecule has 4 rings (SSSR count). The van der Waals surface area contributed by atoms with Gasteiger partial charge >= 0.3 is 0 Å². The van der Waals surface area contributed by atoms with E-state index in [0.717, 1.165) is 23.3 Å². The number of nitrogens with zero attached hydrogens (tertiary/aromatic N) is 2. The van der Waals surface area contributed by atoms with Gasteiger partial charge < -0.3 is 14.5 Å². The second kappa shape index (κ2) is 10.4. The zero-order valence-electron chi connectivity index (χ0n) is 20.6. The monoisotopic (exact) mass is 510 g/mol. The van der Waals surface area contributed by atoms with E-state index >= 15 is 0 Å². The van der Waals surface area contributed by atoms with Crippen molar-refractivity contribution in [2.75, 3.05) is 19.7 Å². The van der Waals surface area contributed by atoms with Crippen molar-refractivity contribution in [3.05, 3.63) is 86.6 Å². The summed E-state index contributed by atoms with van der Waals surface area (Å²) in [7, 11) is 0. The van der Waals surface area contributed by atoms with Crippen molar-refractivity contribution in [3.8, 4) is 5.75 Å². The summed E-state index contributed by atoms with van der Waals surface area (Å²) in [6.07, 6.45) is 0.803. The molecule has 5 nitrogen and oxygen atoms in total. The fraction of sp³-hybridized carbons (Fsp3) is 0.357. The van der Waals surface area contributed by atoms with Gasteiger partial charge in [-0.05, 0) is 87.0 Å². The number of amides is 2. The minimum Gasteiger partial charge on any atom is -0.491 e. The molecule has 1 unspecified atom stereocenters. The molecule has 184 valence electrons. The van der Waals surface area contributed by atoms with Crippen LogP contribution >= 0.6 is 22.9 Å². The second-order valence-corrected chi connectivity index (χ2v) is 11.2. The number of halogens is 1. The van der Waals surface area contributed by atoms with Crippen LogP contribution in [-0.2, 0) is 11.2 Å². The fourth-order valence-corrected chi connectivity index (χ4v) is 5.38. The van der Waals surface area contributed by atoms with Crippen molar-refractivity contribution in [3.63, 3.8) is 0 Å². The SMILES string of the molecule is Cc1cc(OCC2c3ccsc3CCN2C(=O)CN(C(=O)c2ccccc2)C(C)(C)C)ccc1Cl. The molecule has 0 spiro atoms. The zero-order chi connectivity index (χ0) is 25.2. The van der Waals surface area contributed by atoms with Crippen LogP contribution in [0, 0.1) is 6.92 Å². The van der Waals surface area contributed by atoms with Crippen molar-refractivity contribution in [1.82, 2.24) is 9.80 Å². The summed E-state index contributed by atoms with van der Waals surface area (Å²) in [5.41, 5.74) is 2.12. The Morgan fingerprint density at radius 1 is 1.14 bits per heavy atom. The van der Waals surface area contributed by atoms with E-state index in [1.807, 2.05) is 69.0 Å². The van der Waals surface area contributed by atoms with E-state index in [1.54, 1.807) is 28.4 Å². The number of aryl methyl sites for hydroxylation is 1. The highest BCUT2D eigenvalue weighted by molar-refractivity contribution is 7.10. The smallest absolute Gasteiger partial charge is 0.254 e. The van der Waals surface area contributed by atoms with Gasteiger partial charge in [-0.3, -0.25) is 9.59 Å². The molecule has 1 atom stereocenters. The van der Waals surface area contributed by atoms with Gasteiger partial charge in [-0.25, -0.2) is 0 Å². The quantitative estimate of drug-likeness (QED) is 0.399. The number of hydrogen-bond donors (Lipinski definition) is 0. The van der Waals surface area contributed by atoms with Crippen LogP contribution in [0.3, 0.4) is 0 Å². The Morgan fingerprint density at radius 3 is 2.57 bits per heavy atom. The molecule has 2 amide bonds. The Balaban J connectivity index is 1.56. The predicted molar refractivity (Wildman–Crippen MR) is 141 cm³/mol. The summed E-state index contributed by atoms with van der Waals surface area (Å²) in [6, 6.07) is 16.6. The number of benzene rings is 2. The summed E-state index contributed by atoms with van der Waals surface area (Å²) in [6.45, 7) is 8.74. The third kappa shape index (κ3) is 5.71. The average Bonchev–Trinajstić information content (AvgIpc) is 3.31. The molecular formula is C28H31ClN2O3S. The van der Waals surface area contributed by atoms with Crippen LogP contribution in [-0.4, -0.2) is 46.8 Å². The summed E-state index contributed by atoms with van der Waals surface area (Å²) >= 11 is 7.88. The van der Waals surface area contributed by atoms with Gasteiger partial charge in [0.15, 0.2) is 0 Å². The molecule has 0 bridgehead atoms. The molecule has 1 aliphatic heterocycles. The molecular weight excluding hydrogens is 480 g/mol. The lowest BCUT2D eigenvalue weighted by Crippen LogP contribution is -2.53. The van der Waals surface area contributed by atoms with Crippen LogP contribution in [0.1, 0.15) is 53.2 Å². The maximum Gasteiger partial charge on any atom is 0.254 e. The van der Waals surface area contributed by atoms with E-state index in [-0.39, 0.29) is 24.4 Å². The summed E-state index contributed by atoms with van der Waals surface area (Å²) in [5, 5.41) is 2.76. The number of fused-ring (bicyclic) bond motifs is 1. The largest absolute Gasteiger partial charge is 0.491 e. The third-order valence-corrected chi connectivity index (χ3v) is 7.74. The highest BCUT2D eigenvalue weighted by Gasteiger charge is 2.36. The normalized spacial score (nSPS) is 15.5. The molecule has 0 radical (unpaired) electrons. The van der Waals surface area contributed by atoms with Gasteiger partial charge in [0.1, 0.15) is 18.9 Å². The molecule has 0 N–H and O–H groups in total. The van der Waals surface area contributed by atoms with Crippen molar-refractivity contribution in [1.29, 1.82) is 0 Å². The lowest BCUT2D eigenvalue weighted by Gasteiger charge is -2.40. The Bertz CT molecular complexity index is 1200. The third-order valence-electron chi connectivity index (χ3n) is 6.32. The molecule has 7 heteroatoms. The number of thiophene rings is 1. The molecule has 2 aromatic carbocycles. The van der Waals surface area contributed by atoms with Crippen LogP contribution in [0.25, 0.3) is 0 Å². The Morgan fingerprint density at radius 2 is 1.89 bits per heavy atom. The highest BCUT2D eigenvalue weighted by Crippen LogP contribution is 2.34. The van der Waals surface area contributed by atoms with Gasteiger partial charge in [-0.15, -0.1) is 11.3 Å². The van der Waals surface area contributed by atoms with E-state index in [4.69, 9.17) is 16.3 Å². The van der Waals surface area contributed by atoms with Gasteiger partial charge in [0.05, 0.1) is 6.04 Å². The summed E-state index contributed by atoms with van der Waals surface area (Å²) < 4.78 is 6.15. The van der Waals surface area contributed by atoms with Crippen molar-refractivity contribution in [2.24, 2.45) is 0 Å². The van der Waals surface area contributed by atoms with E-state index < -0.39 is 5.54 Å². The minimum absolute atomic E-state index is 0.00719. The summed E-state index contributed by atoms with van der Waals surface area (Å²) in [5.74, 6) is 0.489. The predicted octanol–water partition coefficient (Wildman–Crippen LogP) is 6.16. The van der Waals surface area contributed by atoms with Crippen LogP contribution < -0.4 is 4.74 Å². The van der Waals surface area contributed by atoms with Crippen molar-refractivity contribution in [2.45, 2.75) is 45.7 Å². The van der Waals surface area contributed by atoms with E-state index in [1.165, 1.54) is 4.88 Å². The number of ether oxygens (including phenoxy) is 1. The van der Waals surface area contributed by atoms with E-state index in [2.05, 4.69) is 11.4 Å². The maximum absolute atomic E-state index is 13.7. The first-order valence-corrected chi connectivity index (χ1v) is 13.0. The van der Waals surface area contributed by atoms with E-state index in [9.17, 15) is 9.59 Å². The number of hydrogen-bond acceptors (Lipinski definition) is 4. The molecule has 0 saturated carbocycles. The molecule has 2 heterocycles. The standard InChI is InChI=1S/C28H31ClN2O3S/c1-19-16-21(10-11-23(19)29)34-18-24-22-13-15-35-25(22)12-14-30(24)26(32)17-31(28(2,3)4)27(33)20-8-6-5-7-9-20/h5-11,13,15-16,24H,12,14,17-18H2,1-4H3. The maximum atomic E-state index is 13.7. The van der Waals surface area contributed by atoms with Gasteiger partial charge in [0.25, 0.3) is 5.91 Å². The number of carbonyl (C=O) groups excluding carboxylic acids is 2. The molecule has 0 saturated heterocycles. The molecule has 0 aliphatic carbocycles. The molecule has 3 aromatic rings. The van der Waals surface area contributed by atoms with Gasteiger partial charge in [-0.2, -0.15) is 0 Å².